The van der Waals surface area contributed by atoms with Gasteiger partial charge in [-0.25, -0.2) is 13.9 Å². The number of carbonyl (C=O) groups is 1. The average molecular weight is 285 g/mol. The van der Waals surface area contributed by atoms with Crippen molar-refractivity contribution in [3.8, 4) is 5.69 Å². The maximum atomic E-state index is 13.4. The zero-order valence-corrected chi connectivity index (χ0v) is 9.48. The highest BCUT2D eigenvalue weighted by atomic mass is 79.9. The topological polar surface area (TPSA) is 55.1 Å². The second-order valence-electron chi connectivity index (χ2n) is 3.04. The van der Waals surface area contributed by atoms with Crippen LogP contribution in [-0.2, 0) is 0 Å². The summed E-state index contributed by atoms with van der Waals surface area (Å²) in [5, 5.41) is 12.8. The summed E-state index contributed by atoms with van der Waals surface area (Å²) in [7, 11) is 0. The molecule has 0 aliphatic carbocycles. The summed E-state index contributed by atoms with van der Waals surface area (Å²) in [6, 6.07) is 4.03. The summed E-state index contributed by atoms with van der Waals surface area (Å²) < 4.78 is 15.3. The molecule has 2 aromatic rings. The fraction of sp³-hybridized carbons (Fsp3) is 0. The van der Waals surface area contributed by atoms with E-state index >= 15 is 0 Å². The van der Waals surface area contributed by atoms with Crippen molar-refractivity contribution in [1.82, 2.24) is 9.78 Å². The molecule has 6 heteroatoms. The molecule has 1 aromatic heterocycles. The summed E-state index contributed by atoms with van der Waals surface area (Å²) in [6.07, 6.45) is 3.05. The van der Waals surface area contributed by atoms with Crippen LogP contribution in [0, 0.1) is 5.82 Å². The van der Waals surface area contributed by atoms with Crippen LogP contribution >= 0.6 is 15.9 Å². The molecule has 0 spiro atoms. The van der Waals surface area contributed by atoms with Gasteiger partial charge in [-0.05, 0) is 28.1 Å². The zero-order chi connectivity index (χ0) is 11.7. The first-order valence-corrected chi connectivity index (χ1v) is 5.11. The van der Waals surface area contributed by atoms with Crippen molar-refractivity contribution in [3.05, 3.63) is 46.4 Å². The number of aromatic nitrogens is 2. The molecule has 4 nitrogen and oxygen atoms in total. The van der Waals surface area contributed by atoms with Gasteiger partial charge in [0.2, 0.25) is 0 Å². The van der Waals surface area contributed by atoms with Crippen molar-refractivity contribution in [3.63, 3.8) is 0 Å². The molecule has 16 heavy (non-hydrogen) atoms. The van der Waals surface area contributed by atoms with Crippen molar-refractivity contribution in [2.45, 2.75) is 0 Å². The SMILES string of the molecule is O=C(O)c1c(F)cccc1-n1cc(Br)cn1. The molecular weight excluding hydrogens is 279 g/mol. The highest BCUT2D eigenvalue weighted by Gasteiger charge is 2.17. The van der Waals surface area contributed by atoms with E-state index < -0.39 is 17.3 Å². The second-order valence-corrected chi connectivity index (χ2v) is 3.96. The van der Waals surface area contributed by atoms with Crippen LogP contribution in [0.4, 0.5) is 4.39 Å². The van der Waals surface area contributed by atoms with Crippen molar-refractivity contribution in [1.29, 1.82) is 0 Å². The molecule has 1 N–H and O–H groups in total. The number of rotatable bonds is 2. The molecule has 0 fully saturated rings. The van der Waals surface area contributed by atoms with E-state index in [9.17, 15) is 9.18 Å². The van der Waals surface area contributed by atoms with Crippen LogP contribution in [0.25, 0.3) is 5.69 Å². The molecule has 0 aliphatic rings. The van der Waals surface area contributed by atoms with Crippen LogP contribution in [0.2, 0.25) is 0 Å². The van der Waals surface area contributed by atoms with Crippen molar-refractivity contribution in [2.24, 2.45) is 0 Å². The Hall–Kier alpha value is -1.69. The third-order valence-electron chi connectivity index (χ3n) is 2.00. The summed E-state index contributed by atoms with van der Waals surface area (Å²) in [5.74, 6) is -2.10. The van der Waals surface area contributed by atoms with E-state index in [2.05, 4.69) is 21.0 Å². The summed E-state index contributed by atoms with van der Waals surface area (Å²) in [4.78, 5) is 10.9. The van der Waals surface area contributed by atoms with Crippen LogP contribution in [-0.4, -0.2) is 20.9 Å². The third-order valence-corrected chi connectivity index (χ3v) is 2.41. The predicted octanol–water partition coefficient (Wildman–Crippen LogP) is 2.47. The first kappa shape index (κ1) is 10.8. The fourth-order valence-corrected chi connectivity index (χ4v) is 1.63. The maximum Gasteiger partial charge on any atom is 0.340 e. The van der Waals surface area contributed by atoms with Crippen LogP contribution in [0.5, 0.6) is 0 Å². The van der Waals surface area contributed by atoms with Gasteiger partial charge in [0.15, 0.2) is 0 Å². The van der Waals surface area contributed by atoms with Gasteiger partial charge in [0.1, 0.15) is 11.4 Å². The van der Waals surface area contributed by atoms with E-state index in [0.29, 0.717) is 4.47 Å². The van der Waals surface area contributed by atoms with Crippen molar-refractivity contribution in [2.75, 3.05) is 0 Å². The molecular formula is C10H6BrFN2O2. The van der Waals surface area contributed by atoms with Gasteiger partial charge in [0.25, 0.3) is 0 Å². The molecule has 0 amide bonds. The van der Waals surface area contributed by atoms with Crippen LogP contribution < -0.4 is 0 Å². The Morgan fingerprint density at radius 2 is 2.25 bits per heavy atom. The van der Waals surface area contributed by atoms with Gasteiger partial charge in [-0.1, -0.05) is 6.07 Å². The highest BCUT2D eigenvalue weighted by molar-refractivity contribution is 9.10. The Labute approximate surface area is 98.4 Å². The number of aromatic carboxylic acids is 1. The Morgan fingerprint density at radius 1 is 1.50 bits per heavy atom. The molecule has 0 bridgehead atoms. The van der Waals surface area contributed by atoms with E-state index in [4.69, 9.17) is 5.11 Å². The molecule has 1 heterocycles. The van der Waals surface area contributed by atoms with Gasteiger partial charge in [0, 0.05) is 6.20 Å². The fourth-order valence-electron chi connectivity index (χ4n) is 1.35. The van der Waals surface area contributed by atoms with E-state index in [-0.39, 0.29) is 5.69 Å². The molecule has 0 atom stereocenters. The normalized spacial score (nSPS) is 10.4. The lowest BCUT2D eigenvalue weighted by molar-refractivity contribution is 0.0691. The van der Waals surface area contributed by atoms with Gasteiger partial charge in [-0.3, -0.25) is 0 Å². The van der Waals surface area contributed by atoms with Gasteiger partial charge < -0.3 is 5.11 Å². The number of benzene rings is 1. The molecule has 0 radical (unpaired) electrons. The summed E-state index contributed by atoms with van der Waals surface area (Å²) >= 11 is 3.19. The Kier molecular flexibility index (Phi) is 2.74. The lowest BCUT2D eigenvalue weighted by Gasteiger charge is -2.06. The van der Waals surface area contributed by atoms with Gasteiger partial charge in [-0.2, -0.15) is 5.10 Å². The average Bonchev–Trinajstić information content (AvgIpc) is 2.63. The monoisotopic (exact) mass is 284 g/mol. The van der Waals surface area contributed by atoms with Crippen molar-refractivity contribution >= 4 is 21.9 Å². The van der Waals surface area contributed by atoms with Gasteiger partial charge >= 0.3 is 5.97 Å². The van der Waals surface area contributed by atoms with E-state index in [1.165, 1.54) is 23.0 Å². The quantitative estimate of drug-likeness (QED) is 0.922. The standard InChI is InChI=1S/C10H6BrFN2O2/c11-6-4-13-14(5-6)8-3-1-2-7(12)9(8)10(15)16/h1-5H,(H,15,16). The first-order valence-electron chi connectivity index (χ1n) is 4.32. The molecule has 0 saturated carbocycles. The molecule has 82 valence electrons. The van der Waals surface area contributed by atoms with Crippen LogP contribution in [0.3, 0.4) is 0 Å². The minimum atomic E-state index is -1.32. The first-order chi connectivity index (χ1) is 7.59. The number of hydrogen-bond acceptors (Lipinski definition) is 2. The van der Waals surface area contributed by atoms with E-state index in [1.54, 1.807) is 6.20 Å². The molecule has 0 unspecified atom stereocenters. The van der Waals surface area contributed by atoms with Gasteiger partial charge in [0.05, 0.1) is 16.4 Å². The number of carboxylic acids is 1. The largest absolute Gasteiger partial charge is 0.478 e. The number of carboxylic acid groups (broad SMARTS) is 1. The minimum Gasteiger partial charge on any atom is -0.478 e. The smallest absolute Gasteiger partial charge is 0.340 e. The Morgan fingerprint density at radius 3 is 2.81 bits per heavy atom. The summed E-state index contributed by atoms with van der Waals surface area (Å²) in [6.45, 7) is 0. The number of nitrogens with zero attached hydrogens (tertiary/aromatic N) is 2. The van der Waals surface area contributed by atoms with Crippen molar-refractivity contribution < 1.29 is 14.3 Å². The molecule has 0 aliphatic heterocycles. The highest BCUT2D eigenvalue weighted by Crippen LogP contribution is 2.19. The van der Waals surface area contributed by atoms with Crippen LogP contribution in [0.15, 0.2) is 35.1 Å². The third kappa shape index (κ3) is 1.83. The van der Waals surface area contributed by atoms with E-state index in [1.807, 2.05) is 0 Å². The number of hydrogen-bond donors (Lipinski definition) is 1. The van der Waals surface area contributed by atoms with Crippen LogP contribution in [0.1, 0.15) is 10.4 Å². The van der Waals surface area contributed by atoms with E-state index in [0.717, 1.165) is 6.07 Å². The minimum absolute atomic E-state index is 0.193. The Bertz CT molecular complexity index is 554. The lowest BCUT2D eigenvalue weighted by Crippen LogP contribution is -2.08. The molecule has 0 saturated heterocycles. The molecule has 1 aromatic carbocycles. The Balaban J connectivity index is 2.65. The zero-order valence-electron chi connectivity index (χ0n) is 7.89. The second kappa shape index (κ2) is 4.05. The predicted molar refractivity (Wildman–Crippen MR) is 58.2 cm³/mol. The number of halogens is 2. The van der Waals surface area contributed by atoms with Gasteiger partial charge in [-0.15, -0.1) is 0 Å². The summed E-state index contributed by atoms with van der Waals surface area (Å²) in [5.41, 5.74) is -0.198. The maximum absolute atomic E-state index is 13.4. The lowest BCUT2D eigenvalue weighted by atomic mass is 10.1. The molecule has 2 rings (SSSR count).